The van der Waals surface area contributed by atoms with E-state index < -0.39 is 0 Å². The van der Waals surface area contributed by atoms with Crippen molar-refractivity contribution in [1.29, 1.82) is 0 Å². The third-order valence-corrected chi connectivity index (χ3v) is 13.6. The molecule has 9 aromatic carbocycles. The Bertz CT molecular complexity index is 4240. The summed E-state index contributed by atoms with van der Waals surface area (Å²) >= 11 is 0. The first-order valence-corrected chi connectivity index (χ1v) is 23.2. The summed E-state index contributed by atoms with van der Waals surface area (Å²) < 4.78 is 6.85. The standard InChI is InChI=1S/C62H39N7/c1-4-15-40(16-5-1)53-37-54(41-17-6-2-7-18-41)66-62(65-53)69-56-26-13-11-24-49(56)51-35-45(28-31-58(51)69)43-20-14-19-42(33-43)44-27-30-57-50(34-44)48-23-10-12-25-55(48)68(57)47-29-32-59-52(36-47)61-60(38-63-39-64-61)67(59)46-21-8-3-9-22-46/h1-39H. The molecule has 0 aliphatic carbocycles. The Kier molecular flexibility index (Phi) is 8.75. The predicted molar refractivity (Wildman–Crippen MR) is 282 cm³/mol. The number of benzene rings is 9. The van der Waals surface area contributed by atoms with E-state index in [0.29, 0.717) is 5.95 Å². The Hall–Kier alpha value is -9.46. The lowest BCUT2D eigenvalue weighted by molar-refractivity contribution is 0.995. The molecule has 69 heavy (non-hydrogen) atoms. The number of para-hydroxylation sites is 3. The minimum Gasteiger partial charge on any atom is -0.309 e. The van der Waals surface area contributed by atoms with Crippen LogP contribution in [0.2, 0.25) is 0 Å². The monoisotopic (exact) mass is 881 g/mol. The number of fused-ring (bicyclic) bond motifs is 9. The van der Waals surface area contributed by atoms with Crippen LogP contribution >= 0.6 is 0 Å². The van der Waals surface area contributed by atoms with E-state index in [2.05, 4.69) is 225 Å². The van der Waals surface area contributed by atoms with Crippen molar-refractivity contribution in [3.8, 4) is 62.1 Å². The maximum atomic E-state index is 5.24. The van der Waals surface area contributed by atoms with Crippen molar-refractivity contribution in [1.82, 2.24) is 33.6 Å². The van der Waals surface area contributed by atoms with Gasteiger partial charge in [0.2, 0.25) is 5.95 Å². The zero-order valence-electron chi connectivity index (χ0n) is 37.1. The summed E-state index contributed by atoms with van der Waals surface area (Å²) in [6.07, 6.45) is 3.55. The molecule has 0 aliphatic rings. The van der Waals surface area contributed by atoms with Gasteiger partial charge in [0.25, 0.3) is 0 Å². The van der Waals surface area contributed by atoms with Crippen LogP contribution in [0.4, 0.5) is 0 Å². The fourth-order valence-electron chi connectivity index (χ4n) is 10.5. The number of hydrogen-bond acceptors (Lipinski definition) is 4. The maximum Gasteiger partial charge on any atom is 0.235 e. The molecule has 5 heterocycles. The van der Waals surface area contributed by atoms with Gasteiger partial charge in [0.1, 0.15) is 6.33 Å². The molecule has 0 radical (unpaired) electrons. The van der Waals surface area contributed by atoms with Crippen molar-refractivity contribution in [2.45, 2.75) is 0 Å². The zero-order valence-corrected chi connectivity index (χ0v) is 37.1. The molecular formula is C62H39N7. The second-order valence-electron chi connectivity index (χ2n) is 17.5. The average Bonchev–Trinajstić information content (AvgIpc) is 4.06. The van der Waals surface area contributed by atoms with Gasteiger partial charge in [-0.3, -0.25) is 4.57 Å². The van der Waals surface area contributed by atoms with Crippen LogP contribution in [0.25, 0.3) is 128 Å². The summed E-state index contributed by atoms with van der Waals surface area (Å²) in [6.45, 7) is 0. The molecule has 0 bridgehead atoms. The van der Waals surface area contributed by atoms with Gasteiger partial charge in [0.15, 0.2) is 0 Å². The first kappa shape index (κ1) is 38.8. The van der Waals surface area contributed by atoms with Crippen LogP contribution in [0, 0.1) is 0 Å². The molecule has 0 N–H and O–H groups in total. The number of hydrogen-bond donors (Lipinski definition) is 0. The fraction of sp³-hybridized carbons (Fsp3) is 0. The van der Waals surface area contributed by atoms with E-state index in [4.69, 9.17) is 15.0 Å². The highest BCUT2D eigenvalue weighted by Crippen LogP contribution is 2.40. The summed E-state index contributed by atoms with van der Waals surface area (Å²) in [4.78, 5) is 19.7. The quantitative estimate of drug-likeness (QED) is 0.160. The normalized spacial score (nSPS) is 11.8. The SMILES string of the molecule is c1ccc(-c2cc(-c3ccccc3)nc(-n3c4ccccc4c4cc(-c5cccc(-c6ccc7c(c6)c6ccccc6n7-c6ccc7c(c6)c6ncncc6n7-c6ccccc6)c5)ccc43)n2)cc1. The second kappa shape index (κ2) is 15.6. The van der Waals surface area contributed by atoms with Gasteiger partial charge in [0.05, 0.1) is 56.2 Å². The van der Waals surface area contributed by atoms with E-state index in [1.54, 1.807) is 6.33 Å². The van der Waals surface area contributed by atoms with E-state index in [-0.39, 0.29) is 0 Å². The molecule has 7 heteroatoms. The summed E-state index contributed by atoms with van der Waals surface area (Å²) in [5.41, 5.74) is 18.0. The van der Waals surface area contributed by atoms with Crippen LogP contribution < -0.4 is 0 Å². The van der Waals surface area contributed by atoms with Crippen molar-refractivity contribution in [2.24, 2.45) is 0 Å². The van der Waals surface area contributed by atoms with Gasteiger partial charge >= 0.3 is 0 Å². The molecule has 0 saturated carbocycles. The van der Waals surface area contributed by atoms with Crippen LogP contribution in [0.15, 0.2) is 237 Å². The number of nitrogens with zero attached hydrogens (tertiary/aromatic N) is 7. The molecule has 0 spiro atoms. The number of rotatable bonds is 7. The van der Waals surface area contributed by atoms with Crippen molar-refractivity contribution in [2.75, 3.05) is 0 Å². The van der Waals surface area contributed by atoms with Gasteiger partial charge in [0, 0.05) is 49.4 Å². The van der Waals surface area contributed by atoms with Gasteiger partial charge in [-0.2, -0.15) is 0 Å². The molecule has 0 atom stereocenters. The molecule has 0 amide bonds. The Balaban J connectivity index is 0.871. The van der Waals surface area contributed by atoms with Crippen molar-refractivity contribution >= 4 is 65.5 Å². The van der Waals surface area contributed by atoms with Crippen molar-refractivity contribution < 1.29 is 0 Å². The lowest BCUT2D eigenvalue weighted by atomic mass is 9.97. The van der Waals surface area contributed by atoms with Crippen molar-refractivity contribution in [3.63, 3.8) is 0 Å². The minimum atomic E-state index is 0.638. The van der Waals surface area contributed by atoms with Crippen LogP contribution in [0.1, 0.15) is 0 Å². The van der Waals surface area contributed by atoms with E-state index in [1.165, 1.54) is 10.8 Å². The maximum absolute atomic E-state index is 5.24. The number of aromatic nitrogens is 7. The fourth-order valence-corrected chi connectivity index (χ4v) is 10.5. The third kappa shape index (κ3) is 6.29. The van der Waals surface area contributed by atoms with Crippen LogP contribution in [-0.4, -0.2) is 33.6 Å². The van der Waals surface area contributed by atoms with E-state index in [9.17, 15) is 0 Å². The molecule has 14 rings (SSSR count). The highest BCUT2D eigenvalue weighted by molar-refractivity contribution is 6.13. The summed E-state index contributed by atoms with van der Waals surface area (Å²) in [7, 11) is 0. The molecule has 322 valence electrons. The average molecular weight is 882 g/mol. The predicted octanol–water partition coefficient (Wildman–Crippen LogP) is 15.2. The van der Waals surface area contributed by atoms with Crippen LogP contribution in [0.3, 0.4) is 0 Å². The smallest absolute Gasteiger partial charge is 0.235 e. The Morgan fingerprint density at radius 2 is 0.768 bits per heavy atom. The highest BCUT2D eigenvalue weighted by atomic mass is 15.2. The van der Waals surface area contributed by atoms with Gasteiger partial charge in [-0.05, 0) is 101 Å². The van der Waals surface area contributed by atoms with Gasteiger partial charge < -0.3 is 9.13 Å². The summed E-state index contributed by atoms with van der Waals surface area (Å²) in [5, 5.41) is 5.78. The second-order valence-corrected chi connectivity index (χ2v) is 17.5. The molecule has 7 nitrogen and oxygen atoms in total. The van der Waals surface area contributed by atoms with E-state index in [1.807, 2.05) is 24.4 Å². The van der Waals surface area contributed by atoms with E-state index >= 15 is 0 Å². The van der Waals surface area contributed by atoms with E-state index in [0.717, 1.165) is 111 Å². The topological polar surface area (TPSA) is 66.3 Å². The Morgan fingerprint density at radius 1 is 0.290 bits per heavy atom. The molecular weight excluding hydrogens is 843 g/mol. The first-order chi connectivity index (χ1) is 34.2. The molecule has 0 fully saturated rings. The van der Waals surface area contributed by atoms with Gasteiger partial charge in [-0.15, -0.1) is 0 Å². The van der Waals surface area contributed by atoms with Crippen LogP contribution in [-0.2, 0) is 0 Å². The van der Waals surface area contributed by atoms with Crippen molar-refractivity contribution in [3.05, 3.63) is 237 Å². The summed E-state index contributed by atoms with van der Waals surface area (Å²) in [6, 6.07) is 79.8. The zero-order chi connectivity index (χ0) is 45.4. The molecule has 5 aromatic heterocycles. The molecule has 0 aliphatic heterocycles. The third-order valence-electron chi connectivity index (χ3n) is 13.6. The highest BCUT2D eigenvalue weighted by Gasteiger charge is 2.20. The minimum absolute atomic E-state index is 0.638. The van der Waals surface area contributed by atoms with Gasteiger partial charge in [-0.25, -0.2) is 19.9 Å². The largest absolute Gasteiger partial charge is 0.309 e. The lowest BCUT2D eigenvalue weighted by Gasteiger charge is -2.12. The molecule has 0 unspecified atom stereocenters. The van der Waals surface area contributed by atoms with Crippen LogP contribution in [0.5, 0.6) is 0 Å². The lowest BCUT2D eigenvalue weighted by Crippen LogP contribution is -2.03. The summed E-state index contributed by atoms with van der Waals surface area (Å²) in [5.74, 6) is 0.638. The first-order valence-electron chi connectivity index (χ1n) is 23.2. The molecule has 14 aromatic rings. The Morgan fingerprint density at radius 3 is 1.41 bits per heavy atom. The molecule has 0 saturated heterocycles. The Labute approximate surface area is 396 Å². The van der Waals surface area contributed by atoms with Gasteiger partial charge in [-0.1, -0.05) is 146 Å².